The normalized spacial score (nSPS) is 10.4. The molecule has 24 heavy (non-hydrogen) atoms. The number of aromatic nitrogens is 1. The predicted octanol–water partition coefficient (Wildman–Crippen LogP) is 3.13. The fourth-order valence-electron chi connectivity index (χ4n) is 1.99. The summed E-state index contributed by atoms with van der Waals surface area (Å²) in [6, 6.07) is 9.54. The first-order valence-corrected chi connectivity index (χ1v) is 7.71. The fourth-order valence-corrected chi connectivity index (χ4v) is 2.16. The number of nitrogens with one attached hydrogen (secondary N) is 2. The molecule has 2 amide bonds. The monoisotopic (exact) mass is 347 g/mol. The molecule has 2 rings (SSSR count). The van der Waals surface area contributed by atoms with Crippen molar-refractivity contribution in [3.63, 3.8) is 0 Å². The molecule has 0 unspecified atom stereocenters. The van der Waals surface area contributed by atoms with Gasteiger partial charge < -0.3 is 15.4 Å². The van der Waals surface area contributed by atoms with Crippen LogP contribution in [0.4, 0.5) is 5.69 Å². The van der Waals surface area contributed by atoms with Crippen LogP contribution < -0.4 is 15.4 Å². The van der Waals surface area contributed by atoms with Gasteiger partial charge in [-0.1, -0.05) is 17.7 Å². The Balaban J connectivity index is 2.22. The Morgan fingerprint density at radius 3 is 2.42 bits per heavy atom. The summed E-state index contributed by atoms with van der Waals surface area (Å²) in [7, 11) is 1.49. The molecule has 0 aliphatic rings. The van der Waals surface area contributed by atoms with Gasteiger partial charge in [0, 0.05) is 11.1 Å². The van der Waals surface area contributed by atoms with Crippen molar-refractivity contribution in [3.8, 4) is 5.75 Å². The van der Waals surface area contributed by atoms with Gasteiger partial charge in [0.1, 0.15) is 17.1 Å². The lowest BCUT2D eigenvalue weighted by Crippen LogP contribution is -2.31. The third-order valence-corrected chi connectivity index (χ3v) is 3.28. The number of carbonyl (C=O) groups is 2. The molecule has 7 heteroatoms. The summed E-state index contributed by atoms with van der Waals surface area (Å²) in [5.41, 5.74) is 0.719. The Hall–Kier alpha value is -2.60. The maximum atomic E-state index is 12.4. The lowest BCUT2D eigenvalue weighted by Gasteiger charge is -2.11. The molecule has 0 atom stereocenters. The van der Waals surface area contributed by atoms with Gasteiger partial charge in [-0.05, 0) is 44.2 Å². The second-order valence-electron chi connectivity index (χ2n) is 5.33. The summed E-state index contributed by atoms with van der Waals surface area (Å²) >= 11 is 5.94. The van der Waals surface area contributed by atoms with Gasteiger partial charge in [-0.15, -0.1) is 0 Å². The van der Waals surface area contributed by atoms with E-state index in [1.54, 1.807) is 30.3 Å². The zero-order valence-corrected chi connectivity index (χ0v) is 14.3. The SMILES string of the molecule is COc1ccc(Cl)cc1NC(=O)c1cccc(C(=O)NC(C)C)n1. The number of anilines is 1. The van der Waals surface area contributed by atoms with Gasteiger partial charge in [-0.25, -0.2) is 4.98 Å². The van der Waals surface area contributed by atoms with E-state index in [-0.39, 0.29) is 23.3 Å². The molecule has 0 radical (unpaired) electrons. The molecule has 0 aliphatic heterocycles. The average Bonchev–Trinajstić information content (AvgIpc) is 2.54. The Morgan fingerprint density at radius 1 is 1.12 bits per heavy atom. The van der Waals surface area contributed by atoms with E-state index in [0.717, 1.165) is 0 Å². The highest BCUT2D eigenvalue weighted by atomic mass is 35.5. The fraction of sp³-hybridized carbons (Fsp3) is 0.235. The van der Waals surface area contributed by atoms with E-state index in [1.165, 1.54) is 13.2 Å². The van der Waals surface area contributed by atoms with Crippen LogP contribution in [-0.4, -0.2) is 29.9 Å². The van der Waals surface area contributed by atoms with Crippen LogP contribution in [0.25, 0.3) is 0 Å². The number of nitrogens with zero attached hydrogens (tertiary/aromatic N) is 1. The van der Waals surface area contributed by atoms with E-state index in [0.29, 0.717) is 16.5 Å². The van der Waals surface area contributed by atoms with Crippen LogP contribution in [0.3, 0.4) is 0 Å². The molecule has 1 aromatic carbocycles. The molecule has 2 aromatic rings. The van der Waals surface area contributed by atoms with E-state index < -0.39 is 5.91 Å². The lowest BCUT2D eigenvalue weighted by atomic mass is 10.2. The van der Waals surface area contributed by atoms with Crippen molar-refractivity contribution in [2.45, 2.75) is 19.9 Å². The van der Waals surface area contributed by atoms with Gasteiger partial charge in [-0.3, -0.25) is 9.59 Å². The topological polar surface area (TPSA) is 80.3 Å². The maximum absolute atomic E-state index is 12.4. The minimum Gasteiger partial charge on any atom is -0.495 e. The highest BCUT2D eigenvalue weighted by Crippen LogP contribution is 2.27. The van der Waals surface area contributed by atoms with Crippen molar-refractivity contribution in [1.29, 1.82) is 0 Å². The maximum Gasteiger partial charge on any atom is 0.274 e. The first-order valence-electron chi connectivity index (χ1n) is 7.33. The number of carbonyl (C=O) groups excluding carboxylic acids is 2. The minimum absolute atomic E-state index is 0.0208. The van der Waals surface area contributed by atoms with Crippen molar-refractivity contribution < 1.29 is 14.3 Å². The first kappa shape index (κ1) is 17.7. The number of rotatable bonds is 5. The van der Waals surface area contributed by atoms with Crippen molar-refractivity contribution in [2.75, 3.05) is 12.4 Å². The van der Waals surface area contributed by atoms with Gasteiger partial charge >= 0.3 is 0 Å². The number of hydrogen-bond donors (Lipinski definition) is 2. The molecule has 2 N–H and O–H groups in total. The Labute approximate surface area is 145 Å². The van der Waals surface area contributed by atoms with Crippen molar-refractivity contribution >= 4 is 29.1 Å². The van der Waals surface area contributed by atoms with Crippen LogP contribution >= 0.6 is 11.6 Å². The molecule has 0 bridgehead atoms. The van der Waals surface area contributed by atoms with E-state index in [1.807, 2.05) is 13.8 Å². The Morgan fingerprint density at radius 2 is 1.79 bits per heavy atom. The Bertz CT molecular complexity index is 762. The predicted molar refractivity (Wildman–Crippen MR) is 92.8 cm³/mol. The molecule has 6 nitrogen and oxygen atoms in total. The number of hydrogen-bond acceptors (Lipinski definition) is 4. The molecule has 126 valence electrons. The summed E-state index contributed by atoms with van der Waals surface area (Å²) < 4.78 is 5.18. The second kappa shape index (κ2) is 7.79. The summed E-state index contributed by atoms with van der Waals surface area (Å²) in [5, 5.41) is 5.88. The third-order valence-electron chi connectivity index (χ3n) is 3.04. The molecule has 1 aromatic heterocycles. The molecule has 0 saturated heterocycles. The molecule has 0 fully saturated rings. The van der Waals surface area contributed by atoms with Crippen LogP contribution in [0, 0.1) is 0 Å². The van der Waals surface area contributed by atoms with E-state index in [4.69, 9.17) is 16.3 Å². The van der Waals surface area contributed by atoms with Gasteiger partial charge in [0.25, 0.3) is 11.8 Å². The van der Waals surface area contributed by atoms with Crippen LogP contribution in [0.5, 0.6) is 5.75 Å². The first-order chi connectivity index (χ1) is 11.4. The van der Waals surface area contributed by atoms with Gasteiger partial charge in [0.05, 0.1) is 12.8 Å². The number of methoxy groups -OCH3 is 1. The van der Waals surface area contributed by atoms with Crippen molar-refractivity contribution in [1.82, 2.24) is 10.3 Å². The Kier molecular flexibility index (Phi) is 5.76. The number of amides is 2. The van der Waals surface area contributed by atoms with Crippen molar-refractivity contribution in [2.24, 2.45) is 0 Å². The minimum atomic E-state index is -0.463. The molecular formula is C17H18ClN3O3. The van der Waals surface area contributed by atoms with Crippen LogP contribution in [0.2, 0.25) is 5.02 Å². The van der Waals surface area contributed by atoms with Gasteiger partial charge in [-0.2, -0.15) is 0 Å². The van der Waals surface area contributed by atoms with Crippen molar-refractivity contribution in [3.05, 3.63) is 52.8 Å². The summed E-state index contributed by atoms with van der Waals surface area (Å²) in [6.45, 7) is 3.69. The highest BCUT2D eigenvalue weighted by Gasteiger charge is 2.15. The molecule has 0 spiro atoms. The van der Waals surface area contributed by atoms with Gasteiger partial charge in [0.15, 0.2) is 0 Å². The summed E-state index contributed by atoms with van der Waals surface area (Å²) in [5.74, 6) is -0.323. The number of halogens is 1. The standard InChI is InChI=1S/C17H18ClN3O3/c1-10(2)19-16(22)12-5-4-6-13(20-12)17(23)21-14-9-11(18)7-8-15(14)24-3/h4-10H,1-3H3,(H,19,22)(H,21,23). The van der Waals surface area contributed by atoms with Crippen LogP contribution in [-0.2, 0) is 0 Å². The number of pyridine rings is 1. The van der Waals surface area contributed by atoms with Crippen LogP contribution in [0.15, 0.2) is 36.4 Å². The number of ether oxygens (including phenoxy) is 1. The average molecular weight is 348 g/mol. The highest BCUT2D eigenvalue weighted by molar-refractivity contribution is 6.31. The molecular weight excluding hydrogens is 330 g/mol. The van der Waals surface area contributed by atoms with E-state index >= 15 is 0 Å². The summed E-state index contributed by atoms with van der Waals surface area (Å²) in [6.07, 6.45) is 0. The zero-order valence-electron chi connectivity index (χ0n) is 13.6. The third kappa shape index (κ3) is 4.45. The van der Waals surface area contributed by atoms with Crippen LogP contribution in [0.1, 0.15) is 34.8 Å². The quantitative estimate of drug-likeness (QED) is 0.870. The lowest BCUT2D eigenvalue weighted by molar-refractivity contribution is 0.0938. The van der Waals surface area contributed by atoms with E-state index in [2.05, 4.69) is 15.6 Å². The smallest absolute Gasteiger partial charge is 0.274 e. The molecule has 1 heterocycles. The zero-order chi connectivity index (χ0) is 17.7. The molecule has 0 saturated carbocycles. The number of benzene rings is 1. The summed E-state index contributed by atoms with van der Waals surface area (Å²) in [4.78, 5) is 28.5. The second-order valence-corrected chi connectivity index (χ2v) is 5.77. The largest absolute Gasteiger partial charge is 0.495 e. The van der Waals surface area contributed by atoms with Gasteiger partial charge in [0.2, 0.25) is 0 Å². The van der Waals surface area contributed by atoms with E-state index in [9.17, 15) is 9.59 Å². The molecule has 0 aliphatic carbocycles.